The lowest BCUT2D eigenvalue weighted by Gasteiger charge is -2.08. The van der Waals surface area contributed by atoms with Gasteiger partial charge in [0.05, 0.1) is 6.10 Å². The van der Waals surface area contributed by atoms with Crippen molar-refractivity contribution in [2.75, 3.05) is 13.1 Å². The number of hydrogen-bond acceptors (Lipinski definition) is 3. The van der Waals surface area contributed by atoms with Gasteiger partial charge in [0.1, 0.15) is 0 Å². The molecule has 2 nitrogen and oxygen atoms in total. The fourth-order valence-corrected chi connectivity index (χ4v) is 2.37. The molecule has 0 fully saturated rings. The Balaban J connectivity index is 2.35. The molecular formula is C11H19NOS. The van der Waals surface area contributed by atoms with Crippen molar-refractivity contribution in [3.63, 3.8) is 0 Å². The first kappa shape index (κ1) is 11.7. The second-order valence-corrected chi connectivity index (χ2v) is 4.64. The van der Waals surface area contributed by atoms with Gasteiger partial charge in [0, 0.05) is 22.7 Å². The van der Waals surface area contributed by atoms with E-state index in [9.17, 15) is 5.11 Å². The number of likely N-dealkylation sites (N-methyl/N-ethyl adjacent to an activating group) is 1. The van der Waals surface area contributed by atoms with Crippen LogP contribution >= 0.6 is 11.3 Å². The summed E-state index contributed by atoms with van der Waals surface area (Å²) < 4.78 is 0. The molecule has 14 heavy (non-hydrogen) atoms. The number of nitrogens with one attached hydrogen (secondary N) is 1. The van der Waals surface area contributed by atoms with Gasteiger partial charge < -0.3 is 10.4 Å². The number of aryl methyl sites for hydroxylation is 1. The summed E-state index contributed by atoms with van der Waals surface area (Å²) in [5.74, 6) is 0. The van der Waals surface area contributed by atoms with Crippen molar-refractivity contribution < 1.29 is 5.11 Å². The summed E-state index contributed by atoms with van der Waals surface area (Å²) in [5, 5.41) is 12.8. The van der Waals surface area contributed by atoms with Crippen molar-refractivity contribution in [3.05, 3.63) is 21.9 Å². The topological polar surface area (TPSA) is 32.3 Å². The Hall–Kier alpha value is -0.380. The number of aliphatic hydroxyl groups is 1. The molecule has 0 radical (unpaired) electrons. The average Bonchev–Trinajstić information content (AvgIpc) is 2.62. The highest BCUT2D eigenvalue weighted by Crippen LogP contribution is 2.18. The van der Waals surface area contributed by atoms with Crippen LogP contribution in [0.3, 0.4) is 0 Å². The van der Waals surface area contributed by atoms with Crippen molar-refractivity contribution in [1.82, 2.24) is 5.32 Å². The van der Waals surface area contributed by atoms with Gasteiger partial charge in [-0.05, 0) is 25.1 Å². The zero-order valence-corrected chi connectivity index (χ0v) is 9.73. The molecule has 1 aromatic rings. The average molecular weight is 213 g/mol. The number of rotatable bonds is 6. The van der Waals surface area contributed by atoms with E-state index in [0.717, 1.165) is 19.4 Å². The molecule has 1 atom stereocenters. The van der Waals surface area contributed by atoms with Gasteiger partial charge in [-0.2, -0.15) is 0 Å². The number of aliphatic hydroxyl groups excluding tert-OH is 1. The van der Waals surface area contributed by atoms with E-state index in [4.69, 9.17) is 0 Å². The Morgan fingerprint density at radius 3 is 2.64 bits per heavy atom. The molecule has 0 bridgehead atoms. The quantitative estimate of drug-likeness (QED) is 0.755. The molecular weight excluding hydrogens is 194 g/mol. The summed E-state index contributed by atoms with van der Waals surface area (Å²) in [7, 11) is 0. The lowest BCUT2D eigenvalue weighted by molar-refractivity contribution is 0.173. The maximum Gasteiger partial charge on any atom is 0.0712 e. The van der Waals surface area contributed by atoms with E-state index in [0.29, 0.717) is 6.54 Å². The fraction of sp³-hybridized carbons (Fsp3) is 0.636. The monoisotopic (exact) mass is 213 g/mol. The number of thiophene rings is 1. The minimum atomic E-state index is -0.252. The number of hydrogen-bond donors (Lipinski definition) is 2. The van der Waals surface area contributed by atoms with Crippen LogP contribution in [-0.2, 0) is 12.8 Å². The van der Waals surface area contributed by atoms with Crippen LogP contribution in [0.2, 0.25) is 0 Å². The highest BCUT2D eigenvalue weighted by Gasteiger charge is 2.06. The second kappa shape index (κ2) is 6.17. The molecule has 1 unspecified atom stereocenters. The van der Waals surface area contributed by atoms with E-state index in [1.807, 2.05) is 6.92 Å². The normalized spacial score (nSPS) is 13.1. The van der Waals surface area contributed by atoms with Crippen LogP contribution in [0.4, 0.5) is 0 Å². The molecule has 2 N–H and O–H groups in total. The zero-order valence-electron chi connectivity index (χ0n) is 8.92. The van der Waals surface area contributed by atoms with Gasteiger partial charge in [0.15, 0.2) is 0 Å². The van der Waals surface area contributed by atoms with Gasteiger partial charge in [0.25, 0.3) is 0 Å². The lowest BCUT2D eigenvalue weighted by Crippen LogP contribution is -2.27. The molecule has 0 saturated heterocycles. The van der Waals surface area contributed by atoms with Crippen molar-refractivity contribution >= 4 is 11.3 Å². The van der Waals surface area contributed by atoms with E-state index < -0.39 is 0 Å². The zero-order chi connectivity index (χ0) is 10.4. The molecule has 1 heterocycles. The van der Waals surface area contributed by atoms with E-state index in [2.05, 4.69) is 24.4 Å². The first-order valence-corrected chi connectivity index (χ1v) is 6.04. The van der Waals surface area contributed by atoms with Crippen LogP contribution in [0.25, 0.3) is 0 Å². The van der Waals surface area contributed by atoms with E-state index in [-0.39, 0.29) is 6.10 Å². The summed E-state index contributed by atoms with van der Waals surface area (Å²) in [6, 6.07) is 4.28. The maximum atomic E-state index is 9.66. The molecule has 0 saturated carbocycles. The maximum absolute atomic E-state index is 9.66. The van der Waals surface area contributed by atoms with Crippen LogP contribution in [0.5, 0.6) is 0 Å². The van der Waals surface area contributed by atoms with Crippen LogP contribution in [0.1, 0.15) is 23.6 Å². The van der Waals surface area contributed by atoms with Crippen LogP contribution in [0.15, 0.2) is 12.1 Å². The standard InChI is InChI=1S/C11H19NOS/c1-3-10-5-6-11(14-10)7-9(13)8-12-4-2/h5-6,9,12-13H,3-4,7-8H2,1-2H3. The molecule has 0 aliphatic carbocycles. The molecule has 3 heteroatoms. The smallest absolute Gasteiger partial charge is 0.0712 e. The molecule has 1 aromatic heterocycles. The Bertz CT molecular complexity index is 260. The van der Waals surface area contributed by atoms with Gasteiger partial charge in [-0.1, -0.05) is 13.8 Å². The van der Waals surface area contributed by atoms with E-state index in [1.54, 1.807) is 11.3 Å². The van der Waals surface area contributed by atoms with Crippen molar-refractivity contribution in [1.29, 1.82) is 0 Å². The van der Waals surface area contributed by atoms with Crippen molar-refractivity contribution in [2.45, 2.75) is 32.8 Å². The first-order valence-electron chi connectivity index (χ1n) is 5.22. The van der Waals surface area contributed by atoms with Gasteiger partial charge >= 0.3 is 0 Å². The molecule has 80 valence electrons. The van der Waals surface area contributed by atoms with Crippen molar-refractivity contribution in [2.24, 2.45) is 0 Å². The Morgan fingerprint density at radius 2 is 2.07 bits per heavy atom. The van der Waals surface area contributed by atoms with Gasteiger partial charge in [0.2, 0.25) is 0 Å². The highest BCUT2D eigenvalue weighted by molar-refractivity contribution is 7.11. The third-order valence-corrected chi connectivity index (χ3v) is 3.38. The van der Waals surface area contributed by atoms with Crippen LogP contribution in [-0.4, -0.2) is 24.3 Å². The molecule has 1 rings (SSSR count). The Morgan fingerprint density at radius 1 is 1.36 bits per heavy atom. The second-order valence-electron chi connectivity index (χ2n) is 3.39. The largest absolute Gasteiger partial charge is 0.391 e. The summed E-state index contributed by atoms with van der Waals surface area (Å²) in [5.41, 5.74) is 0. The third kappa shape index (κ3) is 3.78. The van der Waals surface area contributed by atoms with E-state index in [1.165, 1.54) is 9.75 Å². The molecule has 0 aromatic carbocycles. The highest BCUT2D eigenvalue weighted by atomic mass is 32.1. The summed E-state index contributed by atoms with van der Waals surface area (Å²) in [6.07, 6.45) is 1.62. The predicted octanol–water partition coefficient (Wildman–Crippen LogP) is 1.82. The molecule has 0 amide bonds. The van der Waals surface area contributed by atoms with Gasteiger partial charge in [-0.25, -0.2) is 0 Å². The Kier molecular flexibility index (Phi) is 5.15. The minimum absolute atomic E-state index is 0.252. The van der Waals surface area contributed by atoms with Crippen LogP contribution < -0.4 is 5.32 Å². The fourth-order valence-electron chi connectivity index (χ4n) is 1.34. The first-order chi connectivity index (χ1) is 6.76. The SMILES string of the molecule is CCNCC(O)Cc1ccc(CC)s1. The minimum Gasteiger partial charge on any atom is -0.391 e. The molecule has 0 aliphatic rings. The molecule has 0 spiro atoms. The van der Waals surface area contributed by atoms with E-state index >= 15 is 0 Å². The van der Waals surface area contributed by atoms with Gasteiger partial charge in [-0.3, -0.25) is 0 Å². The molecule has 0 aliphatic heterocycles. The summed E-state index contributed by atoms with van der Waals surface area (Å²) in [6.45, 7) is 5.81. The third-order valence-electron chi connectivity index (χ3n) is 2.13. The van der Waals surface area contributed by atoms with Crippen LogP contribution in [0, 0.1) is 0 Å². The summed E-state index contributed by atoms with van der Waals surface area (Å²) in [4.78, 5) is 2.68. The van der Waals surface area contributed by atoms with Gasteiger partial charge in [-0.15, -0.1) is 11.3 Å². The predicted molar refractivity (Wildman–Crippen MR) is 62.0 cm³/mol. The Labute approximate surface area is 90.0 Å². The lowest BCUT2D eigenvalue weighted by atomic mass is 10.2. The summed E-state index contributed by atoms with van der Waals surface area (Å²) >= 11 is 1.81. The van der Waals surface area contributed by atoms with Crippen molar-refractivity contribution in [3.8, 4) is 0 Å².